The zero-order chi connectivity index (χ0) is 18.9. The number of fused-ring (bicyclic) bond motifs is 1. The van der Waals surface area contributed by atoms with E-state index in [1.165, 1.54) is 42.9 Å². The first kappa shape index (κ1) is 16.6. The maximum atomic E-state index is 11.9. The molecule has 0 spiro atoms. The second-order valence-corrected chi connectivity index (χ2v) is 9.45. The van der Waals surface area contributed by atoms with Crippen molar-refractivity contribution in [3.05, 3.63) is 66.2 Å². The van der Waals surface area contributed by atoms with E-state index in [0.29, 0.717) is 11.8 Å². The minimum absolute atomic E-state index is 0.290. The lowest BCUT2D eigenvalue weighted by atomic mass is 9.48. The minimum atomic E-state index is -0.628. The summed E-state index contributed by atoms with van der Waals surface area (Å²) in [6.45, 7) is 0. The van der Waals surface area contributed by atoms with Crippen LogP contribution in [0, 0.1) is 23.7 Å². The molecule has 4 bridgehead atoms. The van der Waals surface area contributed by atoms with E-state index in [1.807, 2.05) is 12.1 Å². The topological polar surface area (TPSA) is 40.5 Å². The van der Waals surface area contributed by atoms with Gasteiger partial charge in [-0.25, -0.2) is 0 Å². The number of aromatic hydroxyl groups is 1. The van der Waals surface area contributed by atoms with Crippen LogP contribution < -0.4 is 0 Å². The Kier molecular flexibility index (Phi) is 3.47. The molecule has 28 heavy (non-hydrogen) atoms. The Bertz CT molecular complexity index is 1020. The molecule has 0 aromatic heterocycles. The number of hydrogen-bond donors (Lipinski definition) is 2. The summed E-state index contributed by atoms with van der Waals surface area (Å²) in [5.74, 6) is 2.89. The van der Waals surface area contributed by atoms with E-state index in [0.717, 1.165) is 28.5 Å². The molecule has 0 aliphatic heterocycles. The Labute approximate surface area is 165 Å². The van der Waals surface area contributed by atoms with Gasteiger partial charge in [-0.3, -0.25) is 0 Å². The molecule has 4 saturated carbocycles. The quantitative estimate of drug-likeness (QED) is 0.593. The van der Waals surface area contributed by atoms with Gasteiger partial charge in [-0.05, 0) is 108 Å². The van der Waals surface area contributed by atoms with Crippen LogP contribution in [0.15, 0.2) is 60.7 Å². The van der Waals surface area contributed by atoms with Crippen LogP contribution in [0.1, 0.15) is 37.7 Å². The molecule has 2 heteroatoms. The summed E-state index contributed by atoms with van der Waals surface area (Å²) in [4.78, 5) is 0. The van der Waals surface area contributed by atoms with Crippen molar-refractivity contribution in [3.8, 4) is 16.9 Å². The van der Waals surface area contributed by atoms with Gasteiger partial charge >= 0.3 is 0 Å². The standard InChI is InChI=1S/C26H26O2/c27-25-7-4-18(5-8-25)19-1-2-21-15-22(6-3-20(21)14-19)26(28)23-10-16-9-17(12-23)13-24(26)11-16/h1-8,14-17,23-24,27-28H,9-13H2. The first-order valence-electron chi connectivity index (χ1n) is 10.7. The number of phenols is 1. The van der Waals surface area contributed by atoms with Gasteiger partial charge in [0.15, 0.2) is 0 Å². The summed E-state index contributed by atoms with van der Waals surface area (Å²) in [6.07, 6.45) is 6.24. The summed E-state index contributed by atoms with van der Waals surface area (Å²) in [5.41, 5.74) is 2.75. The molecule has 4 aliphatic rings. The predicted octanol–water partition coefficient (Wildman–Crippen LogP) is 5.86. The molecule has 7 rings (SSSR count). The molecular formula is C26H26O2. The molecule has 3 aromatic rings. The summed E-state index contributed by atoms with van der Waals surface area (Å²) >= 11 is 0. The van der Waals surface area contributed by atoms with Gasteiger partial charge in [0.1, 0.15) is 5.75 Å². The first-order chi connectivity index (χ1) is 13.6. The number of benzene rings is 3. The largest absolute Gasteiger partial charge is 0.508 e. The Morgan fingerprint density at radius 2 is 1.21 bits per heavy atom. The highest BCUT2D eigenvalue weighted by Gasteiger charge is 2.57. The maximum Gasteiger partial charge on any atom is 0.115 e. The van der Waals surface area contributed by atoms with E-state index in [9.17, 15) is 10.2 Å². The summed E-state index contributed by atoms with van der Waals surface area (Å²) in [5, 5.41) is 23.8. The van der Waals surface area contributed by atoms with Gasteiger partial charge in [0.05, 0.1) is 5.60 Å². The van der Waals surface area contributed by atoms with Gasteiger partial charge in [-0.2, -0.15) is 0 Å². The fourth-order valence-electron chi connectivity index (χ4n) is 6.70. The molecule has 0 saturated heterocycles. The second kappa shape index (κ2) is 5.84. The average Bonchev–Trinajstić information content (AvgIpc) is 2.71. The number of aliphatic hydroxyl groups is 1. The Balaban J connectivity index is 1.39. The molecule has 4 aliphatic carbocycles. The second-order valence-electron chi connectivity index (χ2n) is 9.45. The highest BCUT2D eigenvalue weighted by atomic mass is 16.3. The van der Waals surface area contributed by atoms with E-state index < -0.39 is 5.60 Å². The fourth-order valence-corrected chi connectivity index (χ4v) is 6.70. The van der Waals surface area contributed by atoms with Crippen molar-refractivity contribution in [2.75, 3.05) is 0 Å². The lowest BCUT2D eigenvalue weighted by molar-refractivity contribution is -0.179. The molecule has 0 unspecified atom stereocenters. The third-order valence-corrected chi connectivity index (χ3v) is 7.89. The predicted molar refractivity (Wildman–Crippen MR) is 112 cm³/mol. The van der Waals surface area contributed by atoms with Crippen LogP contribution in [0.2, 0.25) is 0 Å². The van der Waals surface area contributed by atoms with Crippen LogP contribution in [0.3, 0.4) is 0 Å². The van der Waals surface area contributed by atoms with Crippen molar-refractivity contribution < 1.29 is 10.2 Å². The zero-order valence-electron chi connectivity index (χ0n) is 16.0. The molecule has 0 atom stereocenters. The van der Waals surface area contributed by atoms with Gasteiger partial charge < -0.3 is 10.2 Å². The highest BCUT2D eigenvalue weighted by Crippen LogP contribution is 2.61. The fraction of sp³-hybridized carbons (Fsp3) is 0.385. The van der Waals surface area contributed by atoms with Crippen molar-refractivity contribution in [1.82, 2.24) is 0 Å². The maximum absolute atomic E-state index is 11.9. The Morgan fingerprint density at radius 3 is 1.89 bits per heavy atom. The van der Waals surface area contributed by atoms with Crippen molar-refractivity contribution in [2.24, 2.45) is 23.7 Å². The van der Waals surface area contributed by atoms with Gasteiger partial charge in [0.2, 0.25) is 0 Å². The van der Waals surface area contributed by atoms with Crippen LogP contribution >= 0.6 is 0 Å². The molecule has 0 amide bonds. The number of hydrogen-bond acceptors (Lipinski definition) is 2. The van der Waals surface area contributed by atoms with E-state index in [-0.39, 0.29) is 5.75 Å². The van der Waals surface area contributed by atoms with Crippen molar-refractivity contribution in [1.29, 1.82) is 0 Å². The van der Waals surface area contributed by atoms with E-state index in [1.54, 1.807) is 12.1 Å². The lowest BCUT2D eigenvalue weighted by Gasteiger charge is -2.59. The molecule has 142 valence electrons. The third-order valence-electron chi connectivity index (χ3n) is 7.89. The number of rotatable bonds is 2. The normalized spacial score (nSPS) is 33.5. The van der Waals surface area contributed by atoms with Crippen LogP contribution in [0.5, 0.6) is 5.75 Å². The van der Waals surface area contributed by atoms with E-state index in [4.69, 9.17) is 0 Å². The third kappa shape index (κ3) is 2.37. The van der Waals surface area contributed by atoms with Gasteiger partial charge in [-0.1, -0.05) is 36.4 Å². The smallest absolute Gasteiger partial charge is 0.115 e. The molecule has 3 aromatic carbocycles. The van der Waals surface area contributed by atoms with Gasteiger partial charge in [0, 0.05) is 0 Å². The molecule has 2 N–H and O–H groups in total. The van der Waals surface area contributed by atoms with Crippen LogP contribution in [-0.2, 0) is 5.60 Å². The van der Waals surface area contributed by atoms with Crippen LogP contribution in [0.25, 0.3) is 21.9 Å². The average molecular weight is 370 g/mol. The number of phenolic OH excluding ortho intramolecular Hbond substituents is 1. The monoisotopic (exact) mass is 370 g/mol. The zero-order valence-corrected chi connectivity index (χ0v) is 16.0. The van der Waals surface area contributed by atoms with Crippen LogP contribution in [-0.4, -0.2) is 10.2 Å². The Morgan fingerprint density at radius 1 is 0.643 bits per heavy atom. The minimum Gasteiger partial charge on any atom is -0.508 e. The summed E-state index contributed by atoms with van der Waals surface area (Å²) in [6, 6.07) is 20.4. The van der Waals surface area contributed by atoms with E-state index in [2.05, 4.69) is 36.4 Å². The van der Waals surface area contributed by atoms with Crippen molar-refractivity contribution in [2.45, 2.75) is 37.7 Å². The summed E-state index contributed by atoms with van der Waals surface area (Å²) in [7, 11) is 0. The molecular weight excluding hydrogens is 344 g/mol. The summed E-state index contributed by atoms with van der Waals surface area (Å²) < 4.78 is 0. The first-order valence-corrected chi connectivity index (χ1v) is 10.7. The highest BCUT2D eigenvalue weighted by molar-refractivity contribution is 5.88. The van der Waals surface area contributed by atoms with Crippen LogP contribution in [0.4, 0.5) is 0 Å². The molecule has 0 heterocycles. The Hall–Kier alpha value is -2.32. The molecule has 4 fully saturated rings. The van der Waals surface area contributed by atoms with Crippen molar-refractivity contribution >= 4 is 10.8 Å². The van der Waals surface area contributed by atoms with Gasteiger partial charge in [0.25, 0.3) is 0 Å². The SMILES string of the molecule is Oc1ccc(-c2ccc3cc(C4(O)C5CC6CC(C5)CC4C6)ccc3c2)cc1. The molecule has 0 radical (unpaired) electrons. The van der Waals surface area contributed by atoms with E-state index >= 15 is 0 Å². The van der Waals surface area contributed by atoms with Gasteiger partial charge in [-0.15, -0.1) is 0 Å². The lowest BCUT2D eigenvalue weighted by Crippen LogP contribution is -2.55. The molecule has 2 nitrogen and oxygen atoms in total. The van der Waals surface area contributed by atoms with Crippen molar-refractivity contribution in [3.63, 3.8) is 0 Å².